The van der Waals surface area contributed by atoms with Gasteiger partial charge in [0.2, 0.25) is 11.6 Å². The monoisotopic (exact) mass is 463 g/mol. The molecule has 0 atom stereocenters. The molecule has 5 nitrogen and oxygen atoms in total. The number of hydrogen-bond acceptors (Lipinski definition) is 2. The fourth-order valence-electron chi connectivity index (χ4n) is 6.09. The van der Waals surface area contributed by atoms with Crippen molar-refractivity contribution in [2.24, 2.45) is 0 Å². The normalized spacial score (nSPS) is 13.0. The van der Waals surface area contributed by atoms with Crippen molar-refractivity contribution < 1.29 is 0 Å². The van der Waals surface area contributed by atoms with Crippen LogP contribution in [0.3, 0.4) is 0 Å². The van der Waals surface area contributed by atoms with Gasteiger partial charge in [-0.15, -0.1) is 0 Å². The lowest BCUT2D eigenvalue weighted by Crippen LogP contribution is -1.91. The summed E-state index contributed by atoms with van der Waals surface area (Å²) in [6.07, 6.45) is 0. The Balaban J connectivity index is 1.56. The number of rotatable bonds is 1. The quantitative estimate of drug-likeness (QED) is 0.252. The van der Waals surface area contributed by atoms with Crippen LogP contribution in [0.1, 0.15) is 25.3 Å². The van der Waals surface area contributed by atoms with Gasteiger partial charge in [0.25, 0.3) is 0 Å². The van der Waals surface area contributed by atoms with Crippen LogP contribution in [0, 0.1) is 0 Å². The molecule has 0 unspecified atom stereocenters. The number of fused-ring (bicyclic) bond motifs is 12. The van der Waals surface area contributed by atoms with E-state index < -0.39 is 0 Å². The minimum absolute atomic E-state index is 0.402. The van der Waals surface area contributed by atoms with Crippen molar-refractivity contribution >= 4 is 71.7 Å². The third-order valence-electron chi connectivity index (χ3n) is 7.87. The lowest BCUT2D eigenvalue weighted by molar-refractivity contribution is 0.869. The van der Waals surface area contributed by atoms with Gasteiger partial charge >= 0.3 is 0 Å². The first-order chi connectivity index (χ1) is 17.7. The molecule has 0 saturated heterocycles. The Morgan fingerprint density at radius 2 is 0.972 bits per heavy atom. The van der Waals surface area contributed by atoms with Crippen molar-refractivity contribution in [1.29, 1.82) is 0 Å². The molecule has 4 heterocycles. The molecule has 0 aliphatic carbocycles. The van der Waals surface area contributed by atoms with E-state index in [2.05, 4.69) is 112 Å². The van der Waals surface area contributed by atoms with E-state index in [1.807, 2.05) is 0 Å². The van der Waals surface area contributed by atoms with Crippen molar-refractivity contribution in [3.63, 3.8) is 0 Å². The first-order valence-corrected chi connectivity index (χ1v) is 12.5. The first-order valence-electron chi connectivity index (χ1n) is 12.5. The standard InChI is InChI=1S/C31H21N5/c1-17(2)22-15-27-29-28(16-22)35-26-14-21-10-6-4-8-19(21)12-24(26)33-31(35)36(29)30-32-23-11-18-7-3-5-9-20(18)13-25(23)34(27)30/h3-17H,1-2H3. The van der Waals surface area contributed by atoms with E-state index in [0.717, 1.165) is 33.6 Å². The van der Waals surface area contributed by atoms with E-state index in [9.17, 15) is 0 Å². The molecule has 0 fully saturated rings. The molecular weight excluding hydrogens is 442 g/mol. The molecule has 0 aliphatic rings. The molecule has 0 aliphatic heterocycles. The van der Waals surface area contributed by atoms with Crippen LogP contribution in [0.5, 0.6) is 0 Å². The fourth-order valence-corrected chi connectivity index (χ4v) is 6.09. The summed E-state index contributed by atoms with van der Waals surface area (Å²) in [4.78, 5) is 10.4. The molecule has 0 N–H and O–H groups in total. The van der Waals surface area contributed by atoms with Gasteiger partial charge in [-0.2, -0.15) is 0 Å². The first kappa shape index (κ1) is 18.7. The highest BCUT2D eigenvalue weighted by molar-refractivity contribution is 6.07. The van der Waals surface area contributed by atoms with Crippen molar-refractivity contribution in [3.8, 4) is 0 Å². The van der Waals surface area contributed by atoms with E-state index >= 15 is 0 Å². The predicted molar refractivity (Wildman–Crippen MR) is 148 cm³/mol. The van der Waals surface area contributed by atoms with Gasteiger partial charge in [-0.05, 0) is 69.4 Å². The lowest BCUT2D eigenvalue weighted by atomic mass is 10.0. The maximum atomic E-state index is 5.18. The molecule has 9 rings (SSSR count). The highest BCUT2D eigenvalue weighted by Gasteiger charge is 2.25. The van der Waals surface area contributed by atoms with Gasteiger partial charge in [0, 0.05) is 0 Å². The van der Waals surface area contributed by atoms with Crippen LogP contribution in [0.2, 0.25) is 0 Å². The van der Waals surface area contributed by atoms with E-state index in [4.69, 9.17) is 9.97 Å². The minimum atomic E-state index is 0.402. The summed E-state index contributed by atoms with van der Waals surface area (Å²) >= 11 is 0. The second kappa shape index (κ2) is 6.13. The van der Waals surface area contributed by atoms with E-state index in [-0.39, 0.29) is 0 Å². The summed E-state index contributed by atoms with van der Waals surface area (Å²) in [5.74, 6) is 2.23. The molecule has 36 heavy (non-hydrogen) atoms. The van der Waals surface area contributed by atoms with Crippen LogP contribution in [0.4, 0.5) is 0 Å². The number of hydrogen-bond donors (Lipinski definition) is 0. The summed E-state index contributed by atoms with van der Waals surface area (Å²) in [5, 5.41) is 4.87. The lowest BCUT2D eigenvalue weighted by Gasteiger charge is -2.07. The van der Waals surface area contributed by atoms with Gasteiger partial charge in [-0.25, -0.2) is 14.4 Å². The van der Waals surface area contributed by atoms with Gasteiger partial charge in [-0.1, -0.05) is 62.4 Å². The highest BCUT2D eigenvalue weighted by atomic mass is 15.3. The molecular formula is C31H21N5. The number of imidazole rings is 4. The zero-order valence-corrected chi connectivity index (χ0v) is 19.9. The molecule has 0 radical (unpaired) electrons. The predicted octanol–water partition coefficient (Wildman–Crippen LogP) is 7.56. The maximum absolute atomic E-state index is 5.18. The van der Waals surface area contributed by atoms with Crippen molar-refractivity contribution in [3.05, 3.63) is 90.5 Å². The summed E-state index contributed by atoms with van der Waals surface area (Å²) in [6.45, 7) is 4.52. The van der Waals surface area contributed by atoms with Crippen LogP contribution >= 0.6 is 0 Å². The average molecular weight is 464 g/mol. The third-order valence-corrected chi connectivity index (χ3v) is 7.87. The van der Waals surface area contributed by atoms with Crippen molar-refractivity contribution in [1.82, 2.24) is 23.2 Å². The summed E-state index contributed by atoms with van der Waals surface area (Å²) < 4.78 is 6.90. The van der Waals surface area contributed by atoms with Gasteiger partial charge in [-0.3, -0.25) is 8.80 Å². The van der Waals surface area contributed by atoms with Gasteiger partial charge in [0.05, 0.1) is 33.1 Å². The van der Waals surface area contributed by atoms with E-state index in [1.54, 1.807) is 0 Å². The smallest absolute Gasteiger partial charge is 0.223 e. The third kappa shape index (κ3) is 2.13. The van der Waals surface area contributed by atoms with Crippen LogP contribution in [0.15, 0.2) is 84.9 Å². The molecule has 0 amide bonds. The van der Waals surface area contributed by atoms with Crippen LogP contribution in [0.25, 0.3) is 71.7 Å². The average Bonchev–Trinajstić information content (AvgIpc) is 3.60. The molecule has 9 aromatic rings. The molecule has 0 saturated carbocycles. The summed E-state index contributed by atoms with van der Waals surface area (Å²) in [5.41, 5.74) is 9.14. The van der Waals surface area contributed by atoms with Gasteiger partial charge in [0.15, 0.2) is 0 Å². The van der Waals surface area contributed by atoms with E-state index in [0.29, 0.717) is 5.92 Å². The SMILES string of the molecule is CC(C)c1cc2c3c(c1)n1c4cc5ccccc5cc4nc1n3c1nc3cc4ccccc4cc3n21. The largest absolute Gasteiger partial charge is 0.276 e. The minimum Gasteiger partial charge on any atom is -0.276 e. The molecule has 5 heteroatoms. The Morgan fingerprint density at radius 1 is 0.528 bits per heavy atom. The highest BCUT2D eigenvalue weighted by Crippen LogP contribution is 2.37. The second-order valence-electron chi connectivity index (χ2n) is 10.3. The fraction of sp³-hybridized carbons (Fsp3) is 0.0968. The maximum Gasteiger partial charge on any atom is 0.223 e. The van der Waals surface area contributed by atoms with Crippen LogP contribution in [-0.2, 0) is 0 Å². The van der Waals surface area contributed by atoms with Crippen molar-refractivity contribution in [2.45, 2.75) is 19.8 Å². The van der Waals surface area contributed by atoms with Crippen molar-refractivity contribution in [2.75, 3.05) is 0 Å². The molecule has 5 aromatic carbocycles. The molecule has 0 bridgehead atoms. The van der Waals surface area contributed by atoms with Crippen LogP contribution in [-0.4, -0.2) is 23.2 Å². The van der Waals surface area contributed by atoms with E-state index in [1.165, 1.54) is 43.7 Å². The van der Waals surface area contributed by atoms with Crippen LogP contribution < -0.4 is 0 Å². The Bertz CT molecular complexity index is 2190. The zero-order valence-electron chi connectivity index (χ0n) is 19.9. The van der Waals surface area contributed by atoms with Gasteiger partial charge in [0.1, 0.15) is 5.52 Å². The molecule has 0 spiro atoms. The number of aromatic nitrogens is 5. The number of nitrogens with zero attached hydrogens (tertiary/aromatic N) is 5. The summed E-state index contributed by atoms with van der Waals surface area (Å²) in [6, 6.07) is 30.7. The van der Waals surface area contributed by atoms with Gasteiger partial charge < -0.3 is 0 Å². The summed E-state index contributed by atoms with van der Waals surface area (Å²) in [7, 11) is 0. The molecule has 4 aromatic heterocycles. The Hall–Kier alpha value is -4.64. The molecule has 170 valence electrons. The Labute approximate surface area is 205 Å². The topological polar surface area (TPSA) is 39.0 Å². The second-order valence-corrected chi connectivity index (χ2v) is 10.3. The Kier molecular flexibility index (Phi) is 3.18. The zero-order chi connectivity index (χ0) is 23.7. The number of benzene rings is 5. The Morgan fingerprint density at radius 3 is 1.42 bits per heavy atom.